The number of hydrogen-bond donors (Lipinski definition) is 1. The van der Waals surface area contributed by atoms with Gasteiger partial charge in [0.15, 0.2) is 0 Å². The van der Waals surface area contributed by atoms with E-state index in [2.05, 4.69) is 66.4 Å². The van der Waals surface area contributed by atoms with E-state index in [1.165, 1.54) is 0 Å². The fourth-order valence-corrected chi connectivity index (χ4v) is 1.79. The topological polar surface area (TPSA) is 38.3 Å². The fraction of sp³-hybridized carbons (Fsp3) is 0.222. The van der Waals surface area contributed by atoms with Crippen LogP contribution in [-0.2, 0) is 4.79 Å². The van der Waals surface area contributed by atoms with E-state index < -0.39 is 0 Å². The van der Waals surface area contributed by atoms with E-state index in [4.69, 9.17) is 4.74 Å². The number of ether oxygens (including phenoxy) is 1. The van der Waals surface area contributed by atoms with Crippen LogP contribution in [0.25, 0.3) is 0 Å². The molecular formula is C9H8BrI2NO2. The van der Waals surface area contributed by atoms with E-state index in [0.29, 0.717) is 0 Å². The first-order chi connectivity index (χ1) is 7.04. The van der Waals surface area contributed by atoms with Crippen molar-refractivity contribution in [2.24, 2.45) is 0 Å². The number of alkyl halides is 2. The quantitative estimate of drug-likeness (QED) is 0.514. The molecule has 0 heterocycles. The maximum absolute atomic E-state index is 11.4. The van der Waals surface area contributed by atoms with Crippen LogP contribution < -0.4 is 10.1 Å². The van der Waals surface area contributed by atoms with Crippen molar-refractivity contribution in [2.75, 3.05) is 12.4 Å². The monoisotopic (exact) mass is 495 g/mol. The van der Waals surface area contributed by atoms with E-state index in [9.17, 15) is 4.79 Å². The van der Waals surface area contributed by atoms with Gasteiger partial charge in [0.05, 0.1) is 11.6 Å². The Bertz CT molecular complexity index is 371. The molecule has 0 aromatic heterocycles. The van der Waals surface area contributed by atoms with E-state index in [1.807, 2.05) is 6.07 Å². The number of carbonyl (C=O) groups is 1. The third-order valence-corrected chi connectivity index (χ3v) is 3.37. The Kier molecular flexibility index (Phi) is 5.61. The molecule has 0 aliphatic heterocycles. The molecule has 0 unspecified atom stereocenters. The molecule has 0 fully saturated rings. The summed E-state index contributed by atoms with van der Waals surface area (Å²) in [5.74, 6) is 0.724. The number of amides is 1. The zero-order valence-corrected chi connectivity index (χ0v) is 13.7. The largest absolute Gasteiger partial charge is 0.496 e. The Hall–Kier alpha value is 0.430. The van der Waals surface area contributed by atoms with Crippen molar-refractivity contribution in [1.29, 1.82) is 0 Å². The molecule has 1 amide bonds. The predicted octanol–water partition coefficient (Wildman–Crippen LogP) is 3.59. The molecule has 0 saturated heterocycles. The van der Waals surface area contributed by atoms with Gasteiger partial charge in [-0.2, -0.15) is 0 Å². The van der Waals surface area contributed by atoms with Crippen LogP contribution in [0.1, 0.15) is 0 Å². The van der Waals surface area contributed by atoms with E-state index in [-0.39, 0.29) is 7.84 Å². The minimum absolute atomic E-state index is 0.0201. The zero-order chi connectivity index (χ0) is 11.4. The van der Waals surface area contributed by atoms with Crippen molar-refractivity contribution in [1.82, 2.24) is 0 Å². The SMILES string of the molecule is COc1ccc(NC(=O)C(I)I)cc1Br. The van der Waals surface area contributed by atoms with Crippen LogP contribution in [0.5, 0.6) is 5.75 Å². The summed E-state index contributed by atoms with van der Waals surface area (Å²) in [6, 6.07) is 5.42. The summed E-state index contributed by atoms with van der Waals surface area (Å²) in [4.78, 5) is 11.4. The molecule has 0 atom stereocenters. The number of methoxy groups -OCH3 is 1. The van der Waals surface area contributed by atoms with Crippen LogP contribution in [0.2, 0.25) is 0 Å². The number of benzene rings is 1. The number of halogens is 3. The normalized spacial score (nSPS) is 10.2. The lowest BCUT2D eigenvalue weighted by molar-refractivity contribution is -0.113. The Morgan fingerprint density at radius 1 is 1.53 bits per heavy atom. The number of nitrogens with one attached hydrogen (secondary N) is 1. The summed E-state index contributed by atoms with van der Waals surface area (Å²) < 4.78 is 5.83. The van der Waals surface area contributed by atoms with Crippen molar-refractivity contribution in [3.63, 3.8) is 0 Å². The van der Waals surface area contributed by atoms with Crippen LogP contribution in [0.3, 0.4) is 0 Å². The molecule has 1 aromatic rings. The molecule has 1 aromatic carbocycles. The summed E-state index contributed by atoms with van der Waals surface area (Å²) in [7, 11) is 1.60. The number of anilines is 1. The van der Waals surface area contributed by atoms with Crippen molar-refractivity contribution in [2.45, 2.75) is 1.93 Å². The molecular weight excluding hydrogens is 488 g/mol. The lowest BCUT2D eigenvalue weighted by Crippen LogP contribution is -2.17. The first kappa shape index (κ1) is 13.5. The summed E-state index contributed by atoms with van der Waals surface area (Å²) >= 11 is 7.47. The average Bonchev–Trinajstić information content (AvgIpc) is 2.18. The van der Waals surface area contributed by atoms with Gasteiger partial charge in [-0.3, -0.25) is 4.79 Å². The third-order valence-electron chi connectivity index (χ3n) is 1.62. The van der Waals surface area contributed by atoms with Gasteiger partial charge in [-0.15, -0.1) is 0 Å². The first-order valence-electron chi connectivity index (χ1n) is 3.97. The Balaban J connectivity index is 2.80. The number of hydrogen-bond acceptors (Lipinski definition) is 2. The first-order valence-corrected chi connectivity index (χ1v) is 7.25. The lowest BCUT2D eigenvalue weighted by atomic mass is 10.3. The van der Waals surface area contributed by atoms with Gasteiger partial charge in [-0.05, 0) is 34.1 Å². The average molecular weight is 496 g/mol. The summed E-state index contributed by atoms with van der Waals surface area (Å²) in [6.07, 6.45) is 0. The van der Waals surface area contributed by atoms with Gasteiger partial charge in [0.25, 0.3) is 0 Å². The van der Waals surface area contributed by atoms with Crippen molar-refractivity contribution in [3.05, 3.63) is 22.7 Å². The molecule has 3 nitrogen and oxygen atoms in total. The molecule has 0 radical (unpaired) electrons. The second-order valence-corrected chi connectivity index (χ2v) is 8.37. The molecule has 0 aliphatic carbocycles. The molecule has 15 heavy (non-hydrogen) atoms. The van der Waals surface area contributed by atoms with Gasteiger partial charge >= 0.3 is 0 Å². The zero-order valence-electron chi connectivity index (χ0n) is 7.76. The second kappa shape index (κ2) is 6.24. The van der Waals surface area contributed by atoms with E-state index in [0.717, 1.165) is 15.9 Å². The lowest BCUT2D eigenvalue weighted by Gasteiger charge is -2.08. The molecule has 0 spiro atoms. The van der Waals surface area contributed by atoms with E-state index in [1.54, 1.807) is 19.2 Å². The smallest absolute Gasteiger partial charge is 0.247 e. The molecule has 0 aliphatic rings. The van der Waals surface area contributed by atoms with Crippen LogP contribution >= 0.6 is 61.1 Å². The highest BCUT2D eigenvalue weighted by atomic mass is 127. The molecule has 6 heteroatoms. The highest BCUT2D eigenvalue weighted by Gasteiger charge is 2.10. The maximum atomic E-state index is 11.4. The minimum Gasteiger partial charge on any atom is -0.496 e. The summed E-state index contributed by atoms with van der Waals surface area (Å²) in [6.45, 7) is 0. The molecule has 1 rings (SSSR count). The predicted molar refractivity (Wildman–Crippen MR) is 81.2 cm³/mol. The van der Waals surface area contributed by atoms with Gasteiger partial charge in [0.1, 0.15) is 7.68 Å². The fourth-order valence-electron chi connectivity index (χ4n) is 0.941. The van der Waals surface area contributed by atoms with Crippen LogP contribution in [0.15, 0.2) is 22.7 Å². The highest BCUT2D eigenvalue weighted by molar-refractivity contribution is 14.2. The molecule has 0 bridgehead atoms. The molecule has 1 N–H and O–H groups in total. The Morgan fingerprint density at radius 2 is 2.20 bits per heavy atom. The van der Waals surface area contributed by atoms with Crippen molar-refractivity contribution in [3.8, 4) is 5.75 Å². The van der Waals surface area contributed by atoms with Crippen LogP contribution in [0, 0.1) is 0 Å². The minimum atomic E-state index is -0.0823. The second-order valence-electron chi connectivity index (χ2n) is 2.64. The Labute approximate surface area is 124 Å². The standard InChI is InChI=1S/C9H8BrI2NO2/c1-15-7-3-2-5(4-6(7)10)13-9(14)8(11)12/h2-4,8H,1H3,(H,13,14). The van der Waals surface area contributed by atoms with Crippen molar-refractivity contribution < 1.29 is 9.53 Å². The number of rotatable bonds is 3. The van der Waals surface area contributed by atoms with Gasteiger partial charge in [-0.25, -0.2) is 0 Å². The maximum Gasteiger partial charge on any atom is 0.247 e. The number of carbonyl (C=O) groups excluding carboxylic acids is 1. The highest BCUT2D eigenvalue weighted by Crippen LogP contribution is 2.28. The summed E-state index contributed by atoms with van der Waals surface area (Å²) in [5.41, 5.74) is 0.756. The van der Waals surface area contributed by atoms with Gasteiger partial charge in [-0.1, -0.05) is 45.2 Å². The Morgan fingerprint density at radius 3 is 2.67 bits per heavy atom. The van der Waals surface area contributed by atoms with Crippen molar-refractivity contribution >= 4 is 72.7 Å². The third kappa shape index (κ3) is 4.06. The van der Waals surface area contributed by atoms with Crippen LogP contribution in [-0.4, -0.2) is 14.9 Å². The molecule has 0 saturated carbocycles. The molecule has 82 valence electrons. The van der Waals surface area contributed by atoms with Gasteiger partial charge < -0.3 is 10.1 Å². The van der Waals surface area contributed by atoms with Crippen LogP contribution in [0.4, 0.5) is 5.69 Å². The van der Waals surface area contributed by atoms with Gasteiger partial charge in [0, 0.05) is 5.69 Å². The van der Waals surface area contributed by atoms with Gasteiger partial charge in [0.2, 0.25) is 5.91 Å². The van der Waals surface area contributed by atoms with E-state index >= 15 is 0 Å². The summed E-state index contributed by atoms with van der Waals surface area (Å²) in [5, 5.41) is 2.79.